The first-order chi connectivity index (χ1) is 15.3. The van der Waals surface area contributed by atoms with Gasteiger partial charge in [0, 0.05) is 13.0 Å². The van der Waals surface area contributed by atoms with Gasteiger partial charge in [-0.3, -0.25) is 14.9 Å². The van der Waals surface area contributed by atoms with Crippen LogP contribution in [-0.4, -0.2) is 44.6 Å². The normalized spacial score (nSPS) is 12.2. The number of nitrogens with two attached hydrogens (primary N) is 1. The van der Waals surface area contributed by atoms with Crippen LogP contribution in [-0.2, 0) is 22.4 Å². The second-order valence-corrected chi connectivity index (χ2v) is 7.77. The minimum Gasteiger partial charge on any atom is -0.493 e. The van der Waals surface area contributed by atoms with Crippen molar-refractivity contribution in [3.8, 4) is 11.5 Å². The first-order valence-electron chi connectivity index (χ1n) is 10.5. The van der Waals surface area contributed by atoms with Crippen LogP contribution in [0.1, 0.15) is 25.0 Å². The standard InChI is InChI=1S/C24H32N4O4/c1-16(2)15-26-23(30)19(12-17-8-6-5-7-9-17)27-24(25)28-22(29)14-18-10-11-20(31-3)21(13-18)32-4/h5-11,13,16,19H,12,14-15H2,1-4H3,(H,26,30)(H3,25,27,28,29). The molecule has 0 saturated carbocycles. The van der Waals surface area contributed by atoms with Crippen molar-refractivity contribution >= 4 is 17.8 Å². The van der Waals surface area contributed by atoms with E-state index in [2.05, 4.69) is 15.6 Å². The molecule has 0 aromatic heterocycles. The number of aliphatic imine (C=N–C) groups is 1. The predicted octanol–water partition coefficient (Wildman–Crippen LogP) is 2.06. The van der Waals surface area contributed by atoms with Gasteiger partial charge < -0.3 is 20.5 Å². The fourth-order valence-corrected chi connectivity index (χ4v) is 3.02. The van der Waals surface area contributed by atoms with Gasteiger partial charge in [-0.25, -0.2) is 4.99 Å². The van der Waals surface area contributed by atoms with Gasteiger partial charge in [0.25, 0.3) is 0 Å². The van der Waals surface area contributed by atoms with Gasteiger partial charge in [-0.15, -0.1) is 0 Å². The molecule has 0 fully saturated rings. The predicted molar refractivity (Wildman–Crippen MR) is 125 cm³/mol. The second-order valence-electron chi connectivity index (χ2n) is 7.77. The average Bonchev–Trinajstić information content (AvgIpc) is 2.77. The summed E-state index contributed by atoms with van der Waals surface area (Å²) in [6.07, 6.45) is 0.441. The fraction of sp³-hybridized carbons (Fsp3) is 0.375. The van der Waals surface area contributed by atoms with Crippen LogP contribution in [0.4, 0.5) is 0 Å². The van der Waals surface area contributed by atoms with Gasteiger partial charge in [-0.1, -0.05) is 50.2 Å². The van der Waals surface area contributed by atoms with Crippen LogP contribution in [0.3, 0.4) is 0 Å². The summed E-state index contributed by atoms with van der Waals surface area (Å²) < 4.78 is 10.5. The van der Waals surface area contributed by atoms with Gasteiger partial charge >= 0.3 is 0 Å². The van der Waals surface area contributed by atoms with E-state index in [4.69, 9.17) is 15.2 Å². The largest absolute Gasteiger partial charge is 0.493 e. The zero-order valence-electron chi connectivity index (χ0n) is 19.1. The lowest BCUT2D eigenvalue weighted by molar-refractivity contribution is -0.122. The molecule has 0 bridgehead atoms. The maximum absolute atomic E-state index is 12.7. The van der Waals surface area contributed by atoms with E-state index in [0.29, 0.717) is 30.4 Å². The number of guanidine groups is 1. The molecule has 1 unspecified atom stereocenters. The van der Waals surface area contributed by atoms with E-state index in [-0.39, 0.29) is 24.2 Å². The molecule has 1 atom stereocenters. The summed E-state index contributed by atoms with van der Waals surface area (Å²) in [5.41, 5.74) is 7.65. The van der Waals surface area contributed by atoms with Crippen molar-refractivity contribution in [3.63, 3.8) is 0 Å². The summed E-state index contributed by atoms with van der Waals surface area (Å²) in [7, 11) is 3.08. The Morgan fingerprint density at radius 2 is 1.69 bits per heavy atom. The van der Waals surface area contributed by atoms with E-state index in [0.717, 1.165) is 11.1 Å². The maximum Gasteiger partial charge on any atom is 0.245 e. The van der Waals surface area contributed by atoms with Crippen LogP contribution in [0.2, 0.25) is 0 Å². The molecule has 32 heavy (non-hydrogen) atoms. The molecule has 0 aliphatic rings. The number of rotatable bonds is 10. The molecule has 172 valence electrons. The van der Waals surface area contributed by atoms with Gasteiger partial charge in [0.1, 0.15) is 6.04 Å². The van der Waals surface area contributed by atoms with E-state index in [1.807, 2.05) is 44.2 Å². The van der Waals surface area contributed by atoms with Crippen molar-refractivity contribution in [1.82, 2.24) is 10.6 Å². The molecule has 0 saturated heterocycles. The van der Waals surface area contributed by atoms with Gasteiger partial charge in [-0.05, 0) is 29.2 Å². The lowest BCUT2D eigenvalue weighted by Gasteiger charge is -2.16. The quantitative estimate of drug-likeness (QED) is 0.386. The highest BCUT2D eigenvalue weighted by Gasteiger charge is 2.19. The maximum atomic E-state index is 12.7. The Kier molecular flexibility index (Phi) is 9.53. The zero-order valence-corrected chi connectivity index (χ0v) is 19.1. The zero-order chi connectivity index (χ0) is 23.5. The molecule has 0 aliphatic heterocycles. The van der Waals surface area contributed by atoms with E-state index in [1.54, 1.807) is 25.3 Å². The topological polar surface area (TPSA) is 115 Å². The third-order valence-corrected chi connectivity index (χ3v) is 4.63. The van der Waals surface area contributed by atoms with Crippen molar-refractivity contribution in [2.45, 2.75) is 32.7 Å². The molecule has 0 spiro atoms. The summed E-state index contributed by atoms with van der Waals surface area (Å²) in [5, 5.41) is 5.45. The molecule has 8 nitrogen and oxygen atoms in total. The third kappa shape index (κ3) is 7.94. The molecule has 0 heterocycles. The number of carbonyl (C=O) groups is 2. The van der Waals surface area contributed by atoms with E-state index in [1.165, 1.54) is 7.11 Å². The van der Waals surface area contributed by atoms with Crippen LogP contribution in [0.15, 0.2) is 53.5 Å². The number of nitrogens with one attached hydrogen (secondary N) is 2. The molecule has 2 aromatic rings. The number of hydrogen-bond acceptors (Lipinski definition) is 5. The monoisotopic (exact) mass is 440 g/mol. The number of benzene rings is 2. The first kappa shape index (κ1) is 24.7. The second kappa shape index (κ2) is 12.3. The van der Waals surface area contributed by atoms with Gasteiger partial charge in [-0.2, -0.15) is 0 Å². The Labute approximate surface area is 189 Å². The van der Waals surface area contributed by atoms with E-state index < -0.39 is 6.04 Å². The van der Waals surface area contributed by atoms with Crippen molar-refractivity contribution in [3.05, 3.63) is 59.7 Å². The van der Waals surface area contributed by atoms with Crippen molar-refractivity contribution < 1.29 is 19.1 Å². The fourth-order valence-electron chi connectivity index (χ4n) is 3.02. The molecule has 2 rings (SSSR count). The molecular formula is C24H32N4O4. The summed E-state index contributed by atoms with van der Waals surface area (Å²) in [6, 6.07) is 14.0. The number of methoxy groups -OCH3 is 2. The molecule has 0 aliphatic carbocycles. The molecule has 4 N–H and O–H groups in total. The molecule has 8 heteroatoms. The number of hydrogen-bond donors (Lipinski definition) is 3. The highest BCUT2D eigenvalue weighted by atomic mass is 16.5. The van der Waals surface area contributed by atoms with E-state index in [9.17, 15) is 9.59 Å². The van der Waals surface area contributed by atoms with Crippen LogP contribution in [0.5, 0.6) is 11.5 Å². The summed E-state index contributed by atoms with van der Waals surface area (Å²) in [6.45, 7) is 4.56. The van der Waals surface area contributed by atoms with Crippen LogP contribution in [0.25, 0.3) is 0 Å². The number of ether oxygens (including phenoxy) is 2. The van der Waals surface area contributed by atoms with Crippen LogP contribution in [0, 0.1) is 5.92 Å². The molecule has 2 amide bonds. The SMILES string of the molecule is COc1ccc(CC(=O)NC(N)=NC(Cc2ccccc2)C(=O)NCC(C)C)cc1OC. The third-order valence-electron chi connectivity index (χ3n) is 4.63. The van der Waals surface area contributed by atoms with Gasteiger partial charge in [0.15, 0.2) is 17.5 Å². The Morgan fingerprint density at radius 3 is 2.31 bits per heavy atom. The van der Waals surface area contributed by atoms with Crippen LogP contribution < -0.4 is 25.8 Å². The number of amides is 2. The lowest BCUT2D eigenvalue weighted by Crippen LogP contribution is -2.42. The van der Waals surface area contributed by atoms with Crippen molar-refractivity contribution in [2.75, 3.05) is 20.8 Å². The Bertz CT molecular complexity index is 929. The number of nitrogens with zero attached hydrogens (tertiary/aromatic N) is 1. The highest BCUT2D eigenvalue weighted by Crippen LogP contribution is 2.27. The molecular weight excluding hydrogens is 408 g/mol. The van der Waals surface area contributed by atoms with Crippen molar-refractivity contribution in [1.29, 1.82) is 0 Å². The lowest BCUT2D eigenvalue weighted by atomic mass is 10.1. The highest BCUT2D eigenvalue weighted by molar-refractivity contribution is 5.98. The average molecular weight is 441 g/mol. The molecule has 0 radical (unpaired) electrons. The smallest absolute Gasteiger partial charge is 0.245 e. The van der Waals surface area contributed by atoms with Gasteiger partial charge in [0.05, 0.1) is 20.6 Å². The van der Waals surface area contributed by atoms with Crippen LogP contribution >= 0.6 is 0 Å². The first-order valence-corrected chi connectivity index (χ1v) is 10.5. The summed E-state index contributed by atoms with van der Waals surface area (Å²) >= 11 is 0. The number of carbonyl (C=O) groups excluding carboxylic acids is 2. The van der Waals surface area contributed by atoms with E-state index >= 15 is 0 Å². The van der Waals surface area contributed by atoms with Crippen molar-refractivity contribution in [2.24, 2.45) is 16.6 Å². The Balaban J connectivity index is 2.08. The Hall–Kier alpha value is -3.55. The minimum atomic E-state index is -0.752. The van der Waals surface area contributed by atoms with Gasteiger partial charge in [0.2, 0.25) is 11.8 Å². The Morgan fingerprint density at radius 1 is 1.00 bits per heavy atom. The molecule has 2 aromatic carbocycles. The summed E-state index contributed by atoms with van der Waals surface area (Å²) in [4.78, 5) is 29.4. The minimum absolute atomic E-state index is 0.0689. The summed E-state index contributed by atoms with van der Waals surface area (Å²) in [5.74, 6) is 0.729.